The van der Waals surface area contributed by atoms with E-state index in [2.05, 4.69) is 10.3 Å². The lowest BCUT2D eigenvalue weighted by atomic mass is 10.2. The summed E-state index contributed by atoms with van der Waals surface area (Å²) in [5, 5.41) is 2.73. The Morgan fingerprint density at radius 2 is 2.00 bits per heavy atom. The van der Waals surface area contributed by atoms with Crippen molar-refractivity contribution in [1.29, 1.82) is 0 Å². The number of halogens is 1. The molecule has 0 aliphatic carbocycles. The van der Waals surface area contributed by atoms with E-state index in [9.17, 15) is 4.79 Å². The minimum atomic E-state index is -0.690. The minimum Gasteiger partial charge on any atom is -0.441 e. The number of carbonyl (C=O) groups is 1. The number of hydrogen-bond donors (Lipinski definition) is 2. The molecule has 0 bridgehead atoms. The summed E-state index contributed by atoms with van der Waals surface area (Å²) >= 11 is 0. The van der Waals surface area contributed by atoms with Crippen molar-refractivity contribution < 1.29 is 13.9 Å². The van der Waals surface area contributed by atoms with Crippen LogP contribution >= 0.6 is 12.4 Å². The van der Waals surface area contributed by atoms with E-state index in [1.165, 1.54) is 7.11 Å². The predicted octanol–water partition coefficient (Wildman–Crippen LogP) is 2.80. The summed E-state index contributed by atoms with van der Waals surface area (Å²) in [6.07, 6.45) is 1.74. The standard InChI is InChI=1S/C16H21N3O3.ClH/c1-10(2)14-8-18-16(22-14)11-4-6-12(7-5-11)19-15(20)13(17)9-21-3;/h4-8,10,13H,9,17H2,1-3H3,(H,19,20);1H. The van der Waals surface area contributed by atoms with E-state index in [-0.39, 0.29) is 24.9 Å². The number of aromatic nitrogens is 1. The Morgan fingerprint density at radius 1 is 1.35 bits per heavy atom. The number of hydrogen-bond acceptors (Lipinski definition) is 5. The zero-order valence-electron chi connectivity index (χ0n) is 13.4. The number of nitrogens with zero attached hydrogens (tertiary/aromatic N) is 1. The van der Waals surface area contributed by atoms with Gasteiger partial charge < -0.3 is 20.2 Å². The van der Waals surface area contributed by atoms with Crippen LogP contribution in [-0.4, -0.2) is 30.6 Å². The fourth-order valence-corrected chi connectivity index (χ4v) is 1.87. The molecule has 0 aliphatic heterocycles. The van der Waals surface area contributed by atoms with Gasteiger partial charge in [-0.05, 0) is 24.3 Å². The molecule has 0 fully saturated rings. The lowest BCUT2D eigenvalue weighted by Gasteiger charge is -2.11. The normalized spacial score (nSPS) is 11.9. The van der Waals surface area contributed by atoms with Crippen LogP contribution in [0.5, 0.6) is 0 Å². The maximum absolute atomic E-state index is 11.8. The highest BCUT2D eigenvalue weighted by molar-refractivity contribution is 5.94. The van der Waals surface area contributed by atoms with Crippen molar-refractivity contribution in [2.24, 2.45) is 5.73 Å². The molecule has 0 saturated heterocycles. The summed E-state index contributed by atoms with van der Waals surface area (Å²) in [4.78, 5) is 16.0. The first kappa shape index (κ1) is 19.2. The van der Waals surface area contributed by atoms with Gasteiger partial charge in [-0.3, -0.25) is 4.79 Å². The fraction of sp³-hybridized carbons (Fsp3) is 0.375. The molecule has 7 heteroatoms. The number of nitrogens with one attached hydrogen (secondary N) is 1. The molecule has 6 nitrogen and oxygen atoms in total. The first-order valence-corrected chi connectivity index (χ1v) is 7.12. The monoisotopic (exact) mass is 339 g/mol. The van der Waals surface area contributed by atoms with Crippen LogP contribution in [0.4, 0.5) is 5.69 Å². The Kier molecular flexibility index (Phi) is 7.22. The van der Waals surface area contributed by atoms with Crippen LogP contribution in [0.15, 0.2) is 34.9 Å². The number of benzene rings is 1. The number of rotatable bonds is 6. The van der Waals surface area contributed by atoms with Gasteiger partial charge in [0.15, 0.2) is 0 Å². The van der Waals surface area contributed by atoms with Crippen molar-refractivity contribution in [1.82, 2.24) is 4.98 Å². The molecule has 1 heterocycles. The first-order valence-electron chi connectivity index (χ1n) is 7.12. The fourth-order valence-electron chi connectivity index (χ4n) is 1.87. The van der Waals surface area contributed by atoms with Gasteiger partial charge in [-0.1, -0.05) is 13.8 Å². The largest absolute Gasteiger partial charge is 0.441 e. The number of amides is 1. The van der Waals surface area contributed by atoms with Crippen molar-refractivity contribution in [3.63, 3.8) is 0 Å². The highest BCUT2D eigenvalue weighted by atomic mass is 35.5. The zero-order valence-corrected chi connectivity index (χ0v) is 14.2. The third-order valence-electron chi connectivity index (χ3n) is 3.17. The van der Waals surface area contributed by atoms with E-state index in [0.29, 0.717) is 17.5 Å². The van der Waals surface area contributed by atoms with Crippen LogP contribution < -0.4 is 11.1 Å². The molecule has 0 saturated carbocycles. The minimum absolute atomic E-state index is 0. The summed E-state index contributed by atoms with van der Waals surface area (Å²) in [7, 11) is 1.50. The van der Waals surface area contributed by atoms with Crippen LogP contribution in [0.1, 0.15) is 25.5 Å². The van der Waals surface area contributed by atoms with Crippen LogP contribution in [0.25, 0.3) is 11.5 Å². The summed E-state index contributed by atoms with van der Waals surface area (Å²) in [6, 6.07) is 6.56. The third-order valence-corrected chi connectivity index (χ3v) is 3.17. The number of carbonyl (C=O) groups excluding carboxylic acids is 1. The molecule has 0 aliphatic rings. The van der Waals surface area contributed by atoms with Crippen LogP contribution in [0.2, 0.25) is 0 Å². The molecule has 0 radical (unpaired) electrons. The van der Waals surface area contributed by atoms with Crippen molar-refractivity contribution in [3.8, 4) is 11.5 Å². The van der Waals surface area contributed by atoms with E-state index in [1.807, 2.05) is 26.0 Å². The predicted molar refractivity (Wildman–Crippen MR) is 91.8 cm³/mol. The van der Waals surface area contributed by atoms with Crippen LogP contribution in [-0.2, 0) is 9.53 Å². The Bertz CT molecular complexity index is 626. The number of anilines is 1. The van der Waals surface area contributed by atoms with Gasteiger partial charge in [-0.25, -0.2) is 4.98 Å². The molecular formula is C16H22ClN3O3. The Balaban J connectivity index is 0.00000264. The summed E-state index contributed by atoms with van der Waals surface area (Å²) in [5.41, 5.74) is 7.18. The average Bonchev–Trinajstić information content (AvgIpc) is 2.98. The molecule has 1 amide bonds. The molecule has 126 valence electrons. The van der Waals surface area contributed by atoms with E-state index < -0.39 is 6.04 Å². The molecule has 0 spiro atoms. The molecular weight excluding hydrogens is 318 g/mol. The topological polar surface area (TPSA) is 90.4 Å². The summed E-state index contributed by atoms with van der Waals surface area (Å²) in [5.74, 6) is 1.42. The second-order valence-electron chi connectivity index (χ2n) is 5.35. The second kappa shape index (κ2) is 8.67. The van der Waals surface area contributed by atoms with E-state index in [0.717, 1.165) is 11.3 Å². The van der Waals surface area contributed by atoms with Crippen molar-refractivity contribution >= 4 is 24.0 Å². The molecule has 1 aromatic heterocycles. The van der Waals surface area contributed by atoms with Crippen LogP contribution in [0.3, 0.4) is 0 Å². The van der Waals surface area contributed by atoms with Gasteiger partial charge in [0, 0.05) is 24.3 Å². The van der Waals surface area contributed by atoms with Gasteiger partial charge in [0.2, 0.25) is 11.8 Å². The molecule has 3 N–H and O–H groups in total. The summed E-state index contributed by atoms with van der Waals surface area (Å²) < 4.78 is 10.5. The van der Waals surface area contributed by atoms with Gasteiger partial charge in [0.25, 0.3) is 0 Å². The Morgan fingerprint density at radius 3 is 2.52 bits per heavy atom. The molecule has 2 rings (SSSR count). The van der Waals surface area contributed by atoms with Crippen molar-refractivity contribution in [3.05, 3.63) is 36.2 Å². The first-order chi connectivity index (χ1) is 10.5. The van der Waals surface area contributed by atoms with Crippen LogP contribution in [0, 0.1) is 0 Å². The van der Waals surface area contributed by atoms with Gasteiger partial charge in [-0.15, -0.1) is 12.4 Å². The highest BCUT2D eigenvalue weighted by Crippen LogP contribution is 2.24. The Hall–Kier alpha value is -1.89. The average molecular weight is 340 g/mol. The molecule has 1 atom stereocenters. The maximum Gasteiger partial charge on any atom is 0.243 e. The molecule has 23 heavy (non-hydrogen) atoms. The van der Waals surface area contributed by atoms with Crippen molar-refractivity contribution in [2.45, 2.75) is 25.8 Å². The third kappa shape index (κ3) is 5.06. The van der Waals surface area contributed by atoms with E-state index >= 15 is 0 Å². The quantitative estimate of drug-likeness (QED) is 0.844. The highest BCUT2D eigenvalue weighted by Gasteiger charge is 2.13. The van der Waals surface area contributed by atoms with Gasteiger partial charge in [0.05, 0.1) is 12.8 Å². The number of ether oxygens (including phenoxy) is 1. The lowest BCUT2D eigenvalue weighted by Crippen LogP contribution is -2.39. The van der Waals surface area contributed by atoms with Gasteiger partial charge >= 0.3 is 0 Å². The number of nitrogens with two attached hydrogens (primary N) is 1. The number of methoxy groups -OCH3 is 1. The smallest absolute Gasteiger partial charge is 0.243 e. The van der Waals surface area contributed by atoms with Crippen molar-refractivity contribution in [2.75, 3.05) is 19.0 Å². The van der Waals surface area contributed by atoms with E-state index in [1.54, 1.807) is 18.3 Å². The Labute approximate surface area is 141 Å². The van der Waals surface area contributed by atoms with Gasteiger partial charge in [-0.2, -0.15) is 0 Å². The SMILES string of the molecule is COCC(N)C(=O)Nc1ccc(-c2ncc(C(C)C)o2)cc1.Cl. The van der Waals surface area contributed by atoms with E-state index in [4.69, 9.17) is 14.9 Å². The zero-order chi connectivity index (χ0) is 16.1. The molecule has 2 aromatic rings. The summed E-state index contributed by atoms with van der Waals surface area (Å²) in [6.45, 7) is 4.27. The van der Waals surface area contributed by atoms with Gasteiger partial charge in [0.1, 0.15) is 11.8 Å². The second-order valence-corrected chi connectivity index (χ2v) is 5.35. The number of oxazole rings is 1. The maximum atomic E-state index is 11.8. The molecule has 1 aromatic carbocycles. The lowest BCUT2D eigenvalue weighted by molar-refractivity contribution is -0.118. The molecule has 1 unspecified atom stereocenters.